The number of hydrogen-bond acceptors (Lipinski definition) is 3. The molecule has 5 heteroatoms. The minimum atomic E-state index is -1.04. The van der Waals surface area contributed by atoms with Gasteiger partial charge in [-0.05, 0) is 19.3 Å². The molecule has 0 bridgehead atoms. The third-order valence-electron chi connectivity index (χ3n) is 2.49. The standard InChI is InChI=1S/C10H20N2O2.ClH/c1-2-3-4-8(11)9(13)10(14)12-7-5-6-7;/h7-9,13H,2-6,11H2,1H3,(H,12,14);1H. The lowest BCUT2D eigenvalue weighted by Crippen LogP contribution is -2.46. The third kappa shape index (κ3) is 5.35. The van der Waals surface area contributed by atoms with E-state index < -0.39 is 12.1 Å². The van der Waals surface area contributed by atoms with Gasteiger partial charge in [0.1, 0.15) is 6.10 Å². The van der Waals surface area contributed by atoms with Gasteiger partial charge in [0.15, 0.2) is 0 Å². The van der Waals surface area contributed by atoms with E-state index in [1.165, 1.54) is 0 Å². The normalized spacial score (nSPS) is 18.9. The summed E-state index contributed by atoms with van der Waals surface area (Å²) in [5.74, 6) is -0.309. The molecule has 4 N–H and O–H groups in total. The van der Waals surface area contributed by atoms with Gasteiger partial charge in [-0.25, -0.2) is 0 Å². The Labute approximate surface area is 97.0 Å². The summed E-state index contributed by atoms with van der Waals surface area (Å²) in [6, 6.07) is -0.135. The van der Waals surface area contributed by atoms with Crippen molar-refractivity contribution >= 4 is 18.3 Å². The summed E-state index contributed by atoms with van der Waals surface area (Å²) in [7, 11) is 0. The van der Waals surface area contributed by atoms with E-state index in [2.05, 4.69) is 12.2 Å². The van der Waals surface area contributed by atoms with Gasteiger partial charge < -0.3 is 16.2 Å². The first-order valence-corrected chi connectivity index (χ1v) is 5.39. The number of rotatable bonds is 6. The van der Waals surface area contributed by atoms with E-state index in [1.807, 2.05) is 0 Å². The first kappa shape index (κ1) is 14.7. The van der Waals surface area contributed by atoms with Crippen LogP contribution < -0.4 is 11.1 Å². The summed E-state index contributed by atoms with van der Waals surface area (Å²) in [6.45, 7) is 2.06. The highest BCUT2D eigenvalue weighted by molar-refractivity contribution is 5.85. The average Bonchev–Trinajstić information content (AvgIpc) is 2.96. The Morgan fingerprint density at radius 2 is 2.20 bits per heavy atom. The molecule has 4 nitrogen and oxygen atoms in total. The van der Waals surface area contributed by atoms with Crippen molar-refractivity contribution in [1.82, 2.24) is 5.32 Å². The molecule has 1 fully saturated rings. The lowest BCUT2D eigenvalue weighted by molar-refractivity contribution is -0.130. The monoisotopic (exact) mass is 236 g/mol. The van der Waals surface area contributed by atoms with Gasteiger partial charge in [0.2, 0.25) is 0 Å². The zero-order valence-corrected chi connectivity index (χ0v) is 9.93. The Bertz CT molecular complexity index is 198. The molecule has 0 saturated heterocycles. The maximum absolute atomic E-state index is 11.4. The molecule has 0 aromatic rings. The van der Waals surface area contributed by atoms with Crippen molar-refractivity contribution in [3.8, 4) is 0 Å². The number of halogens is 1. The van der Waals surface area contributed by atoms with Crippen LogP contribution in [0.1, 0.15) is 39.0 Å². The Kier molecular flexibility index (Phi) is 6.89. The SMILES string of the molecule is CCCCC(N)C(O)C(=O)NC1CC1.Cl. The quantitative estimate of drug-likeness (QED) is 0.631. The molecule has 15 heavy (non-hydrogen) atoms. The molecular weight excluding hydrogens is 216 g/mol. The van der Waals surface area contributed by atoms with Crippen LogP contribution in [0.4, 0.5) is 0 Å². The number of carbonyl (C=O) groups excluding carboxylic acids is 1. The van der Waals surface area contributed by atoms with E-state index in [0.29, 0.717) is 6.42 Å². The molecule has 0 aromatic carbocycles. The summed E-state index contributed by atoms with van der Waals surface area (Å²) in [5, 5.41) is 12.3. The van der Waals surface area contributed by atoms with Gasteiger partial charge in [-0.1, -0.05) is 19.8 Å². The fourth-order valence-electron chi connectivity index (χ4n) is 1.31. The summed E-state index contributed by atoms with van der Waals surface area (Å²) in [6.07, 6.45) is 3.71. The number of carbonyl (C=O) groups is 1. The van der Waals surface area contributed by atoms with E-state index in [0.717, 1.165) is 25.7 Å². The molecule has 1 rings (SSSR count). The van der Waals surface area contributed by atoms with Crippen molar-refractivity contribution in [2.45, 2.75) is 57.2 Å². The van der Waals surface area contributed by atoms with Crippen molar-refractivity contribution in [2.24, 2.45) is 5.73 Å². The molecular formula is C10H21ClN2O2. The number of amides is 1. The van der Waals surface area contributed by atoms with Crippen molar-refractivity contribution in [3.05, 3.63) is 0 Å². The molecule has 0 spiro atoms. The highest BCUT2D eigenvalue weighted by Gasteiger charge is 2.28. The third-order valence-corrected chi connectivity index (χ3v) is 2.49. The molecule has 0 aromatic heterocycles. The number of aliphatic hydroxyl groups excluding tert-OH is 1. The van der Waals surface area contributed by atoms with Crippen molar-refractivity contribution < 1.29 is 9.90 Å². The van der Waals surface area contributed by atoms with Crippen LogP contribution in [0.3, 0.4) is 0 Å². The summed E-state index contributed by atoms with van der Waals surface area (Å²) < 4.78 is 0. The predicted molar refractivity (Wildman–Crippen MR) is 61.9 cm³/mol. The van der Waals surface area contributed by atoms with Crippen molar-refractivity contribution in [3.63, 3.8) is 0 Å². The highest BCUT2D eigenvalue weighted by atomic mass is 35.5. The number of unbranched alkanes of at least 4 members (excludes halogenated alkanes) is 1. The fourth-order valence-corrected chi connectivity index (χ4v) is 1.31. The zero-order chi connectivity index (χ0) is 10.6. The van der Waals surface area contributed by atoms with Crippen LogP contribution in [0, 0.1) is 0 Å². The maximum atomic E-state index is 11.4. The van der Waals surface area contributed by atoms with Crippen LogP contribution in [0.5, 0.6) is 0 Å². The average molecular weight is 237 g/mol. The van der Waals surface area contributed by atoms with Crippen LogP contribution in [-0.4, -0.2) is 29.2 Å². The van der Waals surface area contributed by atoms with E-state index in [9.17, 15) is 9.90 Å². The van der Waals surface area contributed by atoms with Crippen LogP contribution in [0.2, 0.25) is 0 Å². The largest absolute Gasteiger partial charge is 0.382 e. The lowest BCUT2D eigenvalue weighted by Gasteiger charge is -2.17. The zero-order valence-electron chi connectivity index (χ0n) is 9.11. The van der Waals surface area contributed by atoms with Crippen LogP contribution in [0.15, 0.2) is 0 Å². The molecule has 2 atom stereocenters. The highest BCUT2D eigenvalue weighted by Crippen LogP contribution is 2.18. The van der Waals surface area contributed by atoms with Gasteiger partial charge >= 0.3 is 0 Å². The second kappa shape index (κ2) is 7.04. The van der Waals surface area contributed by atoms with Gasteiger partial charge in [-0.2, -0.15) is 0 Å². The minimum absolute atomic E-state index is 0. The summed E-state index contributed by atoms with van der Waals surface area (Å²) in [5.41, 5.74) is 5.69. The summed E-state index contributed by atoms with van der Waals surface area (Å²) >= 11 is 0. The first-order chi connectivity index (χ1) is 6.65. The van der Waals surface area contributed by atoms with Gasteiger partial charge in [0.25, 0.3) is 5.91 Å². The molecule has 0 heterocycles. The topological polar surface area (TPSA) is 75.3 Å². The van der Waals surface area contributed by atoms with Crippen molar-refractivity contribution in [2.75, 3.05) is 0 Å². The number of nitrogens with one attached hydrogen (secondary N) is 1. The Morgan fingerprint density at radius 1 is 1.60 bits per heavy atom. The van der Waals surface area contributed by atoms with E-state index >= 15 is 0 Å². The second-order valence-electron chi connectivity index (χ2n) is 4.03. The Morgan fingerprint density at radius 3 is 2.67 bits per heavy atom. The molecule has 1 aliphatic carbocycles. The smallest absolute Gasteiger partial charge is 0.250 e. The summed E-state index contributed by atoms with van der Waals surface area (Å²) in [4.78, 5) is 11.4. The van der Waals surface area contributed by atoms with E-state index in [4.69, 9.17) is 5.73 Å². The van der Waals surface area contributed by atoms with Crippen LogP contribution >= 0.6 is 12.4 Å². The number of nitrogens with two attached hydrogens (primary N) is 1. The van der Waals surface area contributed by atoms with Crippen molar-refractivity contribution in [1.29, 1.82) is 0 Å². The fraction of sp³-hybridized carbons (Fsp3) is 0.900. The molecule has 2 unspecified atom stereocenters. The Hall–Kier alpha value is -0.320. The van der Waals surface area contributed by atoms with Crippen LogP contribution in [0.25, 0.3) is 0 Å². The molecule has 0 aliphatic heterocycles. The molecule has 1 amide bonds. The number of aliphatic hydroxyl groups is 1. The van der Waals surface area contributed by atoms with E-state index in [-0.39, 0.29) is 24.4 Å². The second-order valence-corrected chi connectivity index (χ2v) is 4.03. The van der Waals surface area contributed by atoms with E-state index in [1.54, 1.807) is 0 Å². The molecule has 1 aliphatic rings. The molecule has 1 saturated carbocycles. The lowest BCUT2D eigenvalue weighted by atomic mass is 10.0. The first-order valence-electron chi connectivity index (χ1n) is 5.39. The predicted octanol–water partition coefficient (Wildman–Crippen LogP) is 0.565. The van der Waals surface area contributed by atoms with Gasteiger partial charge in [0.05, 0.1) is 0 Å². The van der Waals surface area contributed by atoms with Gasteiger partial charge in [-0.3, -0.25) is 4.79 Å². The van der Waals surface area contributed by atoms with Gasteiger partial charge in [0, 0.05) is 12.1 Å². The van der Waals surface area contributed by atoms with Gasteiger partial charge in [-0.15, -0.1) is 12.4 Å². The maximum Gasteiger partial charge on any atom is 0.250 e. The minimum Gasteiger partial charge on any atom is -0.382 e. The Balaban J connectivity index is 0.00000196. The number of hydrogen-bond donors (Lipinski definition) is 3. The molecule has 0 radical (unpaired) electrons. The molecule has 90 valence electrons. The van der Waals surface area contributed by atoms with Crippen LogP contribution in [-0.2, 0) is 4.79 Å².